The van der Waals surface area contributed by atoms with E-state index in [0.717, 1.165) is 6.42 Å². The van der Waals surface area contributed by atoms with Crippen LogP contribution in [0.5, 0.6) is 0 Å². The van der Waals surface area contributed by atoms with Gasteiger partial charge in [0, 0.05) is 12.7 Å². The van der Waals surface area contributed by atoms with Crippen molar-refractivity contribution < 1.29 is 13.7 Å². The Labute approximate surface area is 104 Å². The van der Waals surface area contributed by atoms with Crippen LogP contribution in [0.25, 0.3) is 11.5 Å². The van der Waals surface area contributed by atoms with Crippen molar-refractivity contribution in [3.63, 3.8) is 0 Å². The first-order chi connectivity index (χ1) is 8.65. The Morgan fingerprint density at radius 1 is 1.50 bits per heavy atom. The van der Waals surface area contributed by atoms with Crippen LogP contribution in [-0.4, -0.2) is 17.3 Å². The predicted octanol–water partition coefficient (Wildman–Crippen LogP) is 2.56. The van der Waals surface area contributed by atoms with E-state index in [9.17, 15) is 4.39 Å². The average Bonchev–Trinajstić information content (AvgIpc) is 2.84. The minimum Gasteiger partial charge on any atom is -0.396 e. The molecule has 1 unspecified atom stereocenters. The van der Waals surface area contributed by atoms with Crippen LogP contribution in [0.15, 0.2) is 22.7 Å². The lowest BCUT2D eigenvalue weighted by atomic mass is 10.2. The second-order valence-corrected chi connectivity index (χ2v) is 3.83. The first-order valence-corrected chi connectivity index (χ1v) is 5.57. The van der Waals surface area contributed by atoms with Crippen LogP contribution in [0, 0.1) is 5.82 Å². The van der Waals surface area contributed by atoms with Crippen molar-refractivity contribution in [1.29, 1.82) is 0 Å². The fourth-order valence-electron chi connectivity index (χ4n) is 1.61. The molecule has 0 saturated heterocycles. The summed E-state index contributed by atoms with van der Waals surface area (Å²) in [6.07, 6.45) is 0.529. The Bertz CT molecular complexity index is 538. The van der Waals surface area contributed by atoms with Gasteiger partial charge in [0.05, 0.1) is 5.69 Å². The van der Waals surface area contributed by atoms with Crippen LogP contribution in [-0.2, 0) is 4.74 Å². The van der Waals surface area contributed by atoms with Gasteiger partial charge in [-0.15, -0.1) is 0 Å². The summed E-state index contributed by atoms with van der Waals surface area (Å²) in [5.74, 6) is 0.298. The average molecular weight is 251 g/mol. The smallest absolute Gasteiger partial charge is 0.258 e. The number of nitrogens with zero attached hydrogens (tertiary/aromatic N) is 2. The molecule has 1 heterocycles. The number of ether oxygens (including phenoxy) is 1. The summed E-state index contributed by atoms with van der Waals surface area (Å²) in [7, 11) is 1.58. The molecule has 1 atom stereocenters. The van der Waals surface area contributed by atoms with Gasteiger partial charge in [0.25, 0.3) is 5.89 Å². The first-order valence-electron chi connectivity index (χ1n) is 5.57. The number of aromatic nitrogens is 2. The summed E-state index contributed by atoms with van der Waals surface area (Å²) >= 11 is 0. The summed E-state index contributed by atoms with van der Waals surface area (Å²) in [5.41, 5.74) is 6.12. The van der Waals surface area contributed by atoms with Crippen molar-refractivity contribution in [2.45, 2.75) is 19.4 Å². The van der Waals surface area contributed by atoms with Crippen LogP contribution in [0.1, 0.15) is 25.3 Å². The van der Waals surface area contributed by atoms with Crippen LogP contribution in [0.2, 0.25) is 0 Å². The lowest BCUT2D eigenvalue weighted by Crippen LogP contribution is -2.01. The number of benzene rings is 1. The molecule has 0 aliphatic heterocycles. The summed E-state index contributed by atoms with van der Waals surface area (Å²) in [6, 6.07) is 4.26. The lowest BCUT2D eigenvalue weighted by Gasteiger charge is -2.06. The molecule has 6 heteroatoms. The number of halogens is 1. The van der Waals surface area contributed by atoms with E-state index in [1.807, 2.05) is 6.92 Å². The fourth-order valence-corrected chi connectivity index (χ4v) is 1.61. The van der Waals surface area contributed by atoms with Crippen LogP contribution >= 0.6 is 0 Å². The summed E-state index contributed by atoms with van der Waals surface area (Å²) < 4.78 is 23.4. The standard InChI is InChI=1S/C12H14FN3O2/c1-3-10(17-2)11-15-12(18-16-11)7-4-5-8(13)9(14)6-7/h4-6,10H,3,14H2,1-2H3. The normalized spacial score (nSPS) is 12.6. The fraction of sp³-hybridized carbons (Fsp3) is 0.333. The van der Waals surface area contributed by atoms with E-state index in [2.05, 4.69) is 10.1 Å². The van der Waals surface area contributed by atoms with E-state index in [1.54, 1.807) is 7.11 Å². The van der Waals surface area contributed by atoms with Crippen LogP contribution in [0.4, 0.5) is 10.1 Å². The molecule has 2 N–H and O–H groups in total. The van der Waals surface area contributed by atoms with Crippen LogP contribution in [0.3, 0.4) is 0 Å². The molecule has 0 aliphatic rings. The second kappa shape index (κ2) is 5.14. The molecular formula is C12H14FN3O2. The summed E-state index contributed by atoms with van der Waals surface area (Å²) in [4.78, 5) is 4.21. The highest BCUT2D eigenvalue weighted by Gasteiger charge is 2.17. The largest absolute Gasteiger partial charge is 0.396 e. The molecule has 0 fully saturated rings. The zero-order valence-corrected chi connectivity index (χ0v) is 10.2. The highest BCUT2D eigenvalue weighted by Crippen LogP contribution is 2.24. The van der Waals surface area contributed by atoms with E-state index < -0.39 is 5.82 Å². The number of rotatable bonds is 4. The number of nitrogen functional groups attached to an aromatic ring is 1. The highest BCUT2D eigenvalue weighted by atomic mass is 19.1. The second-order valence-electron chi connectivity index (χ2n) is 3.83. The van der Waals surface area contributed by atoms with Gasteiger partial charge in [-0.3, -0.25) is 0 Å². The van der Waals surface area contributed by atoms with Crippen LogP contribution < -0.4 is 5.73 Å². The van der Waals surface area contributed by atoms with Gasteiger partial charge in [0.2, 0.25) is 5.82 Å². The summed E-state index contributed by atoms with van der Waals surface area (Å²) in [5, 5.41) is 3.84. The van der Waals surface area contributed by atoms with Gasteiger partial charge in [-0.1, -0.05) is 12.1 Å². The Morgan fingerprint density at radius 3 is 2.89 bits per heavy atom. The zero-order chi connectivity index (χ0) is 13.1. The topological polar surface area (TPSA) is 74.2 Å². The maximum Gasteiger partial charge on any atom is 0.258 e. The van der Waals surface area contributed by atoms with E-state index in [4.69, 9.17) is 15.0 Å². The molecule has 96 valence electrons. The molecule has 0 bridgehead atoms. The Hall–Kier alpha value is -1.95. The SMILES string of the molecule is CCC(OC)c1noc(-c2ccc(F)c(N)c2)n1. The minimum absolute atomic E-state index is 0.0473. The van der Waals surface area contributed by atoms with Gasteiger partial charge in [-0.25, -0.2) is 4.39 Å². The molecule has 2 aromatic rings. The number of hydrogen-bond acceptors (Lipinski definition) is 5. The maximum absolute atomic E-state index is 13.0. The third-order valence-corrected chi connectivity index (χ3v) is 2.63. The molecule has 0 aliphatic carbocycles. The van der Waals surface area contributed by atoms with Crippen molar-refractivity contribution >= 4 is 5.69 Å². The van der Waals surface area contributed by atoms with Crippen molar-refractivity contribution in [2.75, 3.05) is 12.8 Å². The highest BCUT2D eigenvalue weighted by molar-refractivity contribution is 5.60. The minimum atomic E-state index is -0.471. The molecule has 1 aromatic carbocycles. The molecule has 0 amide bonds. The third-order valence-electron chi connectivity index (χ3n) is 2.63. The van der Waals surface area contributed by atoms with Gasteiger partial charge in [-0.2, -0.15) is 4.98 Å². The maximum atomic E-state index is 13.0. The molecule has 0 saturated carbocycles. The molecule has 5 nitrogen and oxygen atoms in total. The zero-order valence-electron chi connectivity index (χ0n) is 10.2. The Kier molecular flexibility index (Phi) is 3.57. The van der Waals surface area contributed by atoms with E-state index in [0.29, 0.717) is 17.3 Å². The monoisotopic (exact) mass is 251 g/mol. The molecule has 0 radical (unpaired) electrons. The van der Waals surface area contributed by atoms with Gasteiger partial charge in [0.15, 0.2) is 0 Å². The Morgan fingerprint density at radius 2 is 2.28 bits per heavy atom. The quantitative estimate of drug-likeness (QED) is 0.845. The lowest BCUT2D eigenvalue weighted by molar-refractivity contribution is 0.0903. The predicted molar refractivity (Wildman–Crippen MR) is 64.1 cm³/mol. The molecule has 18 heavy (non-hydrogen) atoms. The molecular weight excluding hydrogens is 237 g/mol. The van der Waals surface area contributed by atoms with Crippen molar-refractivity contribution in [1.82, 2.24) is 10.1 Å². The molecule has 0 spiro atoms. The molecule has 2 rings (SSSR count). The number of methoxy groups -OCH3 is 1. The Balaban J connectivity index is 2.31. The van der Waals surface area contributed by atoms with Gasteiger partial charge in [-0.05, 0) is 24.6 Å². The third kappa shape index (κ3) is 2.33. The summed E-state index contributed by atoms with van der Waals surface area (Å²) in [6.45, 7) is 1.96. The van der Waals surface area contributed by atoms with Crippen molar-refractivity contribution in [3.8, 4) is 11.5 Å². The molecule has 1 aromatic heterocycles. The van der Waals surface area contributed by atoms with E-state index in [1.165, 1.54) is 18.2 Å². The van der Waals surface area contributed by atoms with Gasteiger partial charge >= 0.3 is 0 Å². The number of nitrogens with two attached hydrogens (primary N) is 1. The van der Waals surface area contributed by atoms with E-state index >= 15 is 0 Å². The van der Waals surface area contributed by atoms with Crippen molar-refractivity contribution in [2.24, 2.45) is 0 Å². The number of anilines is 1. The van der Waals surface area contributed by atoms with E-state index in [-0.39, 0.29) is 11.8 Å². The van der Waals surface area contributed by atoms with Gasteiger partial charge in [0.1, 0.15) is 11.9 Å². The van der Waals surface area contributed by atoms with Crippen molar-refractivity contribution in [3.05, 3.63) is 29.8 Å². The van der Waals surface area contributed by atoms with Gasteiger partial charge < -0.3 is 15.0 Å². The number of hydrogen-bond donors (Lipinski definition) is 1. The first kappa shape index (κ1) is 12.5.